The Balaban J connectivity index is 2.50. The van der Waals surface area contributed by atoms with E-state index in [0.717, 1.165) is 18.2 Å². The molecule has 0 aliphatic rings. The summed E-state index contributed by atoms with van der Waals surface area (Å²) in [5.74, 6) is -0.655. The van der Waals surface area contributed by atoms with Gasteiger partial charge in [0, 0.05) is 12.1 Å². The fourth-order valence-corrected chi connectivity index (χ4v) is 1.84. The number of nitro benzene ring substituents is 1. The number of hydrogen-bond acceptors (Lipinski definition) is 6. The van der Waals surface area contributed by atoms with Crippen LogP contribution in [-0.4, -0.2) is 14.9 Å². The highest BCUT2D eigenvalue weighted by Gasteiger charge is 2.21. The lowest BCUT2D eigenvalue weighted by molar-refractivity contribution is -0.385. The second-order valence-electron chi connectivity index (χ2n) is 4.60. The van der Waals surface area contributed by atoms with Gasteiger partial charge in [-0.15, -0.1) is 0 Å². The second kappa shape index (κ2) is 5.70. The third kappa shape index (κ3) is 3.04. The maximum atomic E-state index is 13.3. The minimum atomic E-state index is -0.658. The van der Waals surface area contributed by atoms with E-state index in [9.17, 15) is 14.5 Å². The van der Waals surface area contributed by atoms with Crippen molar-refractivity contribution in [2.45, 2.75) is 19.8 Å². The van der Waals surface area contributed by atoms with E-state index in [1.54, 1.807) is 0 Å². The Hall–Kier alpha value is -2.77. The first-order chi connectivity index (χ1) is 9.90. The standard InChI is InChI=1S/C13H13FN4O3/c1-7(2)11-12(15)16-6-17-13(11)21-10-5-8(14)3-4-9(10)18(19)20/h3-7H,1-2H3,(H2,15,16,17). The predicted molar refractivity (Wildman–Crippen MR) is 73.7 cm³/mol. The normalized spacial score (nSPS) is 10.7. The molecule has 0 radical (unpaired) electrons. The minimum Gasteiger partial charge on any atom is -0.431 e. The van der Waals surface area contributed by atoms with Crippen molar-refractivity contribution in [1.29, 1.82) is 0 Å². The van der Waals surface area contributed by atoms with E-state index >= 15 is 0 Å². The summed E-state index contributed by atoms with van der Waals surface area (Å²) in [6.45, 7) is 3.70. The molecule has 2 aromatic rings. The predicted octanol–water partition coefficient (Wildman–Crippen LogP) is 3.02. The van der Waals surface area contributed by atoms with Gasteiger partial charge in [-0.2, -0.15) is 0 Å². The number of benzene rings is 1. The monoisotopic (exact) mass is 292 g/mol. The van der Waals surface area contributed by atoms with Crippen LogP contribution in [0.3, 0.4) is 0 Å². The Labute approximate surface area is 119 Å². The molecule has 0 aliphatic carbocycles. The number of nitro groups is 1. The average molecular weight is 292 g/mol. The van der Waals surface area contributed by atoms with E-state index in [-0.39, 0.29) is 29.1 Å². The van der Waals surface area contributed by atoms with Crippen LogP contribution in [0.5, 0.6) is 11.6 Å². The molecule has 2 rings (SSSR count). The van der Waals surface area contributed by atoms with E-state index in [4.69, 9.17) is 10.5 Å². The number of rotatable bonds is 4. The maximum absolute atomic E-state index is 13.3. The van der Waals surface area contributed by atoms with Crippen molar-refractivity contribution in [3.63, 3.8) is 0 Å². The van der Waals surface area contributed by atoms with Crippen LogP contribution in [0, 0.1) is 15.9 Å². The maximum Gasteiger partial charge on any atom is 0.311 e. The van der Waals surface area contributed by atoms with Crippen LogP contribution < -0.4 is 10.5 Å². The van der Waals surface area contributed by atoms with Crippen LogP contribution in [-0.2, 0) is 0 Å². The highest BCUT2D eigenvalue weighted by molar-refractivity contribution is 5.52. The van der Waals surface area contributed by atoms with E-state index in [2.05, 4.69) is 9.97 Å². The molecule has 1 aromatic heterocycles. The fourth-order valence-electron chi connectivity index (χ4n) is 1.84. The van der Waals surface area contributed by atoms with E-state index in [0.29, 0.717) is 5.56 Å². The highest BCUT2D eigenvalue weighted by atomic mass is 19.1. The quantitative estimate of drug-likeness (QED) is 0.686. The number of nitrogen functional groups attached to an aromatic ring is 1. The third-order valence-corrected chi connectivity index (χ3v) is 2.78. The summed E-state index contributed by atoms with van der Waals surface area (Å²) in [5, 5.41) is 11.0. The second-order valence-corrected chi connectivity index (χ2v) is 4.60. The molecule has 0 spiro atoms. The molecule has 1 aromatic carbocycles. The van der Waals surface area contributed by atoms with Crippen molar-refractivity contribution in [1.82, 2.24) is 9.97 Å². The molecule has 0 aliphatic heterocycles. The van der Waals surface area contributed by atoms with Gasteiger partial charge in [-0.05, 0) is 12.0 Å². The van der Waals surface area contributed by atoms with Crippen molar-refractivity contribution in [2.75, 3.05) is 5.73 Å². The van der Waals surface area contributed by atoms with Gasteiger partial charge in [0.05, 0.1) is 10.5 Å². The minimum absolute atomic E-state index is 0.0613. The van der Waals surface area contributed by atoms with E-state index in [1.165, 1.54) is 6.33 Å². The van der Waals surface area contributed by atoms with Crippen LogP contribution in [0.1, 0.15) is 25.3 Å². The van der Waals surface area contributed by atoms with Gasteiger partial charge >= 0.3 is 5.69 Å². The Kier molecular flexibility index (Phi) is 3.97. The van der Waals surface area contributed by atoms with Crippen LogP contribution in [0.25, 0.3) is 0 Å². The zero-order chi connectivity index (χ0) is 15.6. The number of ether oxygens (including phenoxy) is 1. The zero-order valence-corrected chi connectivity index (χ0v) is 11.4. The first-order valence-electron chi connectivity index (χ1n) is 6.12. The molecule has 0 amide bonds. The van der Waals surface area contributed by atoms with Crippen molar-refractivity contribution in [3.05, 3.63) is 46.0 Å². The first kappa shape index (κ1) is 14.6. The number of aromatic nitrogens is 2. The summed E-state index contributed by atoms with van der Waals surface area (Å²) < 4.78 is 18.7. The lowest BCUT2D eigenvalue weighted by Crippen LogP contribution is -2.05. The molecule has 0 bridgehead atoms. The number of nitrogens with two attached hydrogens (primary N) is 1. The summed E-state index contributed by atoms with van der Waals surface area (Å²) in [7, 11) is 0. The Morgan fingerprint density at radius 2 is 2.10 bits per heavy atom. The van der Waals surface area contributed by atoms with E-state index < -0.39 is 10.7 Å². The van der Waals surface area contributed by atoms with Gasteiger partial charge in [0.1, 0.15) is 18.0 Å². The molecule has 110 valence electrons. The van der Waals surface area contributed by atoms with Gasteiger partial charge in [0.25, 0.3) is 0 Å². The van der Waals surface area contributed by atoms with Crippen molar-refractivity contribution < 1.29 is 14.1 Å². The molecule has 0 saturated heterocycles. The van der Waals surface area contributed by atoms with Crippen molar-refractivity contribution >= 4 is 11.5 Å². The molecule has 1 heterocycles. The lowest BCUT2D eigenvalue weighted by atomic mass is 10.1. The SMILES string of the molecule is CC(C)c1c(N)ncnc1Oc1cc(F)ccc1[N+](=O)[O-]. The topological polar surface area (TPSA) is 104 Å². The molecule has 2 N–H and O–H groups in total. The molecule has 8 heteroatoms. The molecule has 0 atom stereocenters. The Morgan fingerprint density at radius 3 is 2.71 bits per heavy atom. The van der Waals surface area contributed by atoms with Crippen LogP contribution in [0.4, 0.5) is 15.9 Å². The van der Waals surface area contributed by atoms with Crippen LogP contribution >= 0.6 is 0 Å². The van der Waals surface area contributed by atoms with Gasteiger partial charge in [-0.3, -0.25) is 10.1 Å². The third-order valence-electron chi connectivity index (χ3n) is 2.78. The summed E-state index contributed by atoms with van der Waals surface area (Å²) in [6, 6.07) is 2.95. The molecule has 0 fully saturated rings. The van der Waals surface area contributed by atoms with Gasteiger partial charge in [-0.1, -0.05) is 13.8 Å². The van der Waals surface area contributed by atoms with Crippen molar-refractivity contribution in [3.8, 4) is 11.6 Å². The summed E-state index contributed by atoms with van der Waals surface area (Å²) in [6.07, 6.45) is 1.18. The molecular formula is C13H13FN4O3. The molecule has 0 saturated carbocycles. The van der Waals surface area contributed by atoms with Crippen molar-refractivity contribution in [2.24, 2.45) is 0 Å². The van der Waals surface area contributed by atoms with Gasteiger partial charge < -0.3 is 10.5 Å². The number of nitrogens with zero attached hydrogens (tertiary/aromatic N) is 3. The fraction of sp³-hybridized carbons (Fsp3) is 0.231. The number of anilines is 1. The highest BCUT2D eigenvalue weighted by Crippen LogP contribution is 2.35. The number of hydrogen-bond donors (Lipinski definition) is 1. The van der Waals surface area contributed by atoms with Gasteiger partial charge in [0.15, 0.2) is 0 Å². The molecule has 21 heavy (non-hydrogen) atoms. The zero-order valence-electron chi connectivity index (χ0n) is 11.4. The summed E-state index contributed by atoms with van der Waals surface area (Å²) >= 11 is 0. The van der Waals surface area contributed by atoms with Gasteiger partial charge in [-0.25, -0.2) is 14.4 Å². The summed E-state index contributed by atoms with van der Waals surface area (Å²) in [5.41, 5.74) is 5.92. The largest absolute Gasteiger partial charge is 0.431 e. The van der Waals surface area contributed by atoms with Gasteiger partial charge in [0.2, 0.25) is 11.6 Å². The first-order valence-corrected chi connectivity index (χ1v) is 6.12. The number of halogens is 1. The smallest absolute Gasteiger partial charge is 0.311 e. The Bertz CT molecular complexity index is 691. The Morgan fingerprint density at radius 1 is 1.38 bits per heavy atom. The lowest BCUT2D eigenvalue weighted by Gasteiger charge is -2.13. The molecular weight excluding hydrogens is 279 g/mol. The average Bonchev–Trinajstić information content (AvgIpc) is 2.37. The molecule has 7 nitrogen and oxygen atoms in total. The van der Waals surface area contributed by atoms with Crippen LogP contribution in [0.2, 0.25) is 0 Å². The summed E-state index contributed by atoms with van der Waals surface area (Å²) in [4.78, 5) is 18.1. The molecule has 0 unspecified atom stereocenters. The van der Waals surface area contributed by atoms with Crippen LogP contribution in [0.15, 0.2) is 24.5 Å². The van der Waals surface area contributed by atoms with E-state index in [1.807, 2.05) is 13.8 Å².